The van der Waals surface area contributed by atoms with Crippen LogP contribution < -0.4 is 0 Å². The predicted molar refractivity (Wildman–Crippen MR) is 61.3 cm³/mol. The molecule has 0 aromatic heterocycles. The van der Waals surface area contributed by atoms with E-state index in [0.29, 0.717) is 5.92 Å². The van der Waals surface area contributed by atoms with Gasteiger partial charge in [0, 0.05) is 13.2 Å². The fraction of sp³-hybridized carbons (Fsp3) is 0.923. The number of carboxylic acids is 1. The van der Waals surface area contributed by atoms with Crippen LogP contribution in [0.4, 0.5) is 0 Å². The average Bonchev–Trinajstić information content (AvgIpc) is 2.56. The highest BCUT2D eigenvalue weighted by molar-refractivity contribution is 5.75. The van der Waals surface area contributed by atoms with E-state index in [1.54, 1.807) is 0 Å². The fourth-order valence-electron chi connectivity index (χ4n) is 3.41. The Balaban J connectivity index is 2.14. The average molecular weight is 226 g/mol. The van der Waals surface area contributed by atoms with Gasteiger partial charge in [-0.15, -0.1) is 0 Å². The number of hydrogen-bond acceptors (Lipinski definition) is 2. The zero-order chi connectivity index (χ0) is 11.4. The third kappa shape index (κ3) is 2.24. The van der Waals surface area contributed by atoms with Gasteiger partial charge in [-0.1, -0.05) is 25.7 Å². The summed E-state index contributed by atoms with van der Waals surface area (Å²) in [5.74, 6) is -0.210. The van der Waals surface area contributed by atoms with E-state index >= 15 is 0 Å². The zero-order valence-electron chi connectivity index (χ0n) is 9.91. The standard InChI is InChI=1S/C13H22O3/c14-12(15)13(7-3-1-2-4-8-13)11-5-9-16-10-6-11/h11H,1-10H2,(H,14,15). The molecule has 3 heteroatoms. The Bertz CT molecular complexity index is 236. The SMILES string of the molecule is O=C(O)C1(C2CCOCC2)CCCCCC1. The summed E-state index contributed by atoms with van der Waals surface area (Å²) in [5.41, 5.74) is -0.430. The molecule has 0 bridgehead atoms. The Morgan fingerprint density at radius 3 is 2.12 bits per heavy atom. The molecule has 2 fully saturated rings. The lowest BCUT2D eigenvalue weighted by molar-refractivity contribution is -0.156. The molecule has 3 nitrogen and oxygen atoms in total. The highest BCUT2D eigenvalue weighted by atomic mass is 16.5. The van der Waals surface area contributed by atoms with Crippen molar-refractivity contribution >= 4 is 5.97 Å². The molecular formula is C13H22O3. The van der Waals surface area contributed by atoms with Gasteiger partial charge in [-0.3, -0.25) is 4.79 Å². The van der Waals surface area contributed by atoms with Crippen molar-refractivity contribution in [1.29, 1.82) is 0 Å². The van der Waals surface area contributed by atoms with E-state index in [0.717, 1.165) is 51.7 Å². The van der Waals surface area contributed by atoms with Gasteiger partial charge in [-0.05, 0) is 31.6 Å². The predicted octanol–water partition coefficient (Wildman–Crippen LogP) is 2.84. The summed E-state index contributed by atoms with van der Waals surface area (Å²) in [7, 11) is 0. The lowest BCUT2D eigenvalue weighted by atomic mass is 9.67. The smallest absolute Gasteiger partial charge is 0.309 e. The maximum absolute atomic E-state index is 11.7. The molecule has 1 heterocycles. The normalized spacial score (nSPS) is 27.2. The van der Waals surface area contributed by atoms with E-state index in [-0.39, 0.29) is 0 Å². The molecule has 0 atom stereocenters. The first-order valence-electron chi connectivity index (χ1n) is 6.57. The van der Waals surface area contributed by atoms with Crippen LogP contribution in [0.5, 0.6) is 0 Å². The van der Waals surface area contributed by atoms with E-state index in [1.807, 2.05) is 0 Å². The van der Waals surface area contributed by atoms with E-state index in [2.05, 4.69) is 0 Å². The molecule has 1 aliphatic carbocycles. The van der Waals surface area contributed by atoms with E-state index in [4.69, 9.17) is 4.74 Å². The number of hydrogen-bond donors (Lipinski definition) is 1. The summed E-state index contributed by atoms with van der Waals surface area (Å²) in [5, 5.41) is 9.63. The van der Waals surface area contributed by atoms with Gasteiger partial charge in [0.1, 0.15) is 0 Å². The van der Waals surface area contributed by atoms with Crippen molar-refractivity contribution in [3.05, 3.63) is 0 Å². The van der Waals surface area contributed by atoms with Crippen molar-refractivity contribution in [2.45, 2.75) is 51.4 Å². The quantitative estimate of drug-likeness (QED) is 0.736. The van der Waals surface area contributed by atoms with Crippen LogP contribution in [0, 0.1) is 11.3 Å². The van der Waals surface area contributed by atoms with Gasteiger partial charge in [0.05, 0.1) is 5.41 Å². The lowest BCUT2D eigenvalue weighted by Gasteiger charge is -2.38. The van der Waals surface area contributed by atoms with Gasteiger partial charge in [-0.2, -0.15) is 0 Å². The molecule has 92 valence electrons. The summed E-state index contributed by atoms with van der Waals surface area (Å²) in [4.78, 5) is 11.7. The Morgan fingerprint density at radius 1 is 1.06 bits per heavy atom. The van der Waals surface area contributed by atoms with Crippen molar-refractivity contribution in [2.75, 3.05) is 13.2 Å². The third-order valence-electron chi connectivity index (χ3n) is 4.42. The van der Waals surface area contributed by atoms with E-state index < -0.39 is 11.4 Å². The van der Waals surface area contributed by atoms with Crippen molar-refractivity contribution in [1.82, 2.24) is 0 Å². The molecule has 0 spiro atoms. The topological polar surface area (TPSA) is 46.5 Å². The van der Waals surface area contributed by atoms with Gasteiger partial charge in [-0.25, -0.2) is 0 Å². The molecular weight excluding hydrogens is 204 g/mol. The van der Waals surface area contributed by atoms with Gasteiger partial charge < -0.3 is 9.84 Å². The van der Waals surface area contributed by atoms with Crippen LogP contribution in [-0.2, 0) is 9.53 Å². The molecule has 0 unspecified atom stereocenters. The summed E-state index contributed by atoms with van der Waals surface area (Å²) in [6.45, 7) is 1.50. The summed E-state index contributed by atoms with van der Waals surface area (Å²) < 4.78 is 5.35. The first kappa shape index (κ1) is 11.9. The molecule has 1 saturated carbocycles. The molecule has 0 amide bonds. The maximum atomic E-state index is 11.7. The molecule has 0 aromatic carbocycles. The number of ether oxygens (including phenoxy) is 1. The minimum Gasteiger partial charge on any atom is -0.481 e. The Kier molecular flexibility index (Phi) is 3.85. The van der Waals surface area contributed by atoms with E-state index in [9.17, 15) is 9.90 Å². The summed E-state index contributed by atoms with van der Waals surface area (Å²) in [6, 6.07) is 0. The van der Waals surface area contributed by atoms with E-state index in [1.165, 1.54) is 12.8 Å². The summed E-state index contributed by atoms with van der Waals surface area (Å²) >= 11 is 0. The Morgan fingerprint density at radius 2 is 1.62 bits per heavy atom. The number of carbonyl (C=O) groups is 1. The van der Waals surface area contributed by atoms with Crippen molar-refractivity contribution < 1.29 is 14.6 Å². The second-order valence-corrected chi connectivity index (χ2v) is 5.26. The fourth-order valence-corrected chi connectivity index (χ4v) is 3.41. The highest BCUT2D eigenvalue weighted by Crippen LogP contribution is 2.45. The van der Waals surface area contributed by atoms with Crippen LogP contribution >= 0.6 is 0 Å². The maximum Gasteiger partial charge on any atom is 0.309 e. The molecule has 1 N–H and O–H groups in total. The molecule has 1 saturated heterocycles. The van der Waals surface area contributed by atoms with Crippen LogP contribution in [0.2, 0.25) is 0 Å². The Labute approximate surface area is 97.2 Å². The van der Waals surface area contributed by atoms with Crippen molar-refractivity contribution in [2.24, 2.45) is 11.3 Å². The number of aliphatic carboxylic acids is 1. The zero-order valence-corrected chi connectivity index (χ0v) is 9.91. The van der Waals surface area contributed by atoms with Gasteiger partial charge in [0.25, 0.3) is 0 Å². The summed E-state index contributed by atoms with van der Waals surface area (Å²) in [6.07, 6.45) is 8.22. The van der Waals surface area contributed by atoms with Gasteiger partial charge >= 0.3 is 5.97 Å². The van der Waals surface area contributed by atoms with Crippen LogP contribution in [-0.4, -0.2) is 24.3 Å². The number of rotatable bonds is 2. The second kappa shape index (κ2) is 5.17. The largest absolute Gasteiger partial charge is 0.481 e. The Hall–Kier alpha value is -0.570. The molecule has 2 rings (SSSR count). The first-order chi connectivity index (χ1) is 7.76. The minimum atomic E-state index is -0.554. The number of carboxylic acid groups (broad SMARTS) is 1. The first-order valence-corrected chi connectivity index (χ1v) is 6.57. The van der Waals surface area contributed by atoms with Gasteiger partial charge in [0.15, 0.2) is 0 Å². The second-order valence-electron chi connectivity index (χ2n) is 5.26. The third-order valence-corrected chi connectivity index (χ3v) is 4.42. The monoisotopic (exact) mass is 226 g/mol. The minimum absolute atomic E-state index is 0.344. The lowest BCUT2D eigenvalue weighted by Crippen LogP contribution is -2.41. The molecule has 2 aliphatic rings. The molecule has 0 aromatic rings. The highest BCUT2D eigenvalue weighted by Gasteiger charge is 2.45. The molecule has 0 radical (unpaired) electrons. The van der Waals surface area contributed by atoms with Crippen molar-refractivity contribution in [3.8, 4) is 0 Å². The van der Waals surface area contributed by atoms with Crippen LogP contribution in [0.25, 0.3) is 0 Å². The van der Waals surface area contributed by atoms with Gasteiger partial charge in [0.2, 0.25) is 0 Å². The van der Waals surface area contributed by atoms with Crippen LogP contribution in [0.3, 0.4) is 0 Å². The molecule has 1 aliphatic heterocycles. The molecule has 16 heavy (non-hydrogen) atoms. The van der Waals surface area contributed by atoms with Crippen LogP contribution in [0.15, 0.2) is 0 Å². The van der Waals surface area contributed by atoms with Crippen molar-refractivity contribution in [3.63, 3.8) is 0 Å². The van der Waals surface area contributed by atoms with Crippen LogP contribution in [0.1, 0.15) is 51.4 Å².